The van der Waals surface area contributed by atoms with Gasteiger partial charge in [0.25, 0.3) is 0 Å². The standard InChI is InChI=1S/C13H22N2O/c1-11-6-9-16-13(11)10-15-8-3-2-4-12(15)5-7-14/h6,9,12H,2-5,7-8,10,14H2,1H3. The second kappa shape index (κ2) is 5.51. The van der Waals surface area contributed by atoms with Gasteiger partial charge in [-0.2, -0.15) is 0 Å². The first-order valence-electron chi connectivity index (χ1n) is 6.28. The topological polar surface area (TPSA) is 42.4 Å². The molecule has 1 fully saturated rings. The van der Waals surface area contributed by atoms with Crippen LogP contribution in [0.25, 0.3) is 0 Å². The fourth-order valence-electron chi connectivity index (χ4n) is 2.54. The molecule has 2 heterocycles. The lowest BCUT2D eigenvalue weighted by molar-refractivity contribution is 0.124. The smallest absolute Gasteiger partial charge is 0.120 e. The number of aryl methyl sites for hydroxylation is 1. The molecule has 1 aliphatic heterocycles. The zero-order valence-electron chi connectivity index (χ0n) is 10.1. The Morgan fingerprint density at radius 2 is 2.38 bits per heavy atom. The molecule has 0 amide bonds. The third-order valence-electron chi connectivity index (χ3n) is 3.56. The van der Waals surface area contributed by atoms with Gasteiger partial charge in [0.1, 0.15) is 5.76 Å². The van der Waals surface area contributed by atoms with Crippen LogP contribution in [0.4, 0.5) is 0 Å². The number of piperidine rings is 1. The van der Waals surface area contributed by atoms with E-state index in [2.05, 4.69) is 11.8 Å². The van der Waals surface area contributed by atoms with Gasteiger partial charge in [0.05, 0.1) is 12.8 Å². The minimum atomic E-state index is 0.656. The van der Waals surface area contributed by atoms with Gasteiger partial charge in [-0.3, -0.25) is 4.90 Å². The molecule has 0 spiro atoms. The van der Waals surface area contributed by atoms with Gasteiger partial charge in [-0.1, -0.05) is 6.42 Å². The SMILES string of the molecule is Cc1ccoc1CN1CCCCC1CCN. The zero-order valence-corrected chi connectivity index (χ0v) is 10.1. The van der Waals surface area contributed by atoms with E-state index in [1.54, 1.807) is 6.26 Å². The van der Waals surface area contributed by atoms with Crippen molar-refractivity contribution in [2.75, 3.05) is 13.1 Å². The normalized spacial score (nSPS) is 22.5. The van der Waals surface area contributed by atoms with Crippen LogP contribution < -0.4 is 5.73 Å². The molecule has 0 bridgehead atoms. The monoisotopic (exact) mass is 222 g/mol. The molecule has 90 valence electrons. The third-order valence-corrected chi connectivity index (χ3v) is 3.56. The summed E-state index contributed by atoms with van der Waals surface area (Å²) in [6, 6.07) is 2.69. The van der Waals surface area contributed by atoms with E-state index >= 15 is 0 Å². The Labute approximate surface area is 97.6 Å². The number of hydrogen-bond donors (Lipinski definition) is 1. The van der Waals surface area contributed by atoms with Crippen LogP contribution in [-0.2, 0) is 6.54 Å². The summed E-state index contributed by atoms with van der Waals surface area (Å²) in [7, 11) is 0. The van der Waals surface area contributed by atoms with Gasteiger partial charge in [-0.25, -0.2) is 0 Å². The minimum Gasteiger partial charge on any atom is -0.468 e. The van der Waals surface area contributed by atoms with Crippen molar-refractivity contribution in [1.29, 1.82) is 0 Å². The summed E-state index contributed by atoms with van der Waals surface area (Å²) in [5.74, 6) is 1.11. The van der Waals surface area contributed by atoms with Gasteiger partial charge in [-0.15, -0.1) is 0 Å². The molecule has 0 saturated carbocycles. The average Bonchev–Trinajstić information content (AvgIpc) is 2.68. The number of hydrogen-bond acceptors (Lipinski definition) is 3. The highest BCUT2D eigenvalue weighted by molar-refractivity contribution is 5.14. The molecule has 1 aromatic heterocycles. The molecule has 2 rings (SSSR count). The van der Waals surface area contributed by atoms with Crippen molar-refractivity contribution < 1.29 is 4.42 Å². The number of nitrogens with zero attached hydrogens (tertiary/aromatic N) is 1. The number of rotatable bonds is 4. The number of likely N-dealkylation sites (tertiary alicyclic amines) is 1. The maximum absolute atomic E-state index is 5.67. The van der Waals surface area contributed by atoms with Crippen molar-refractivity contribution >= 4 is 0 Å². The van der Waals surface area contributed by atoms with Gasteiger partial charge >= 0.3 is 0 Å². The third kappa shape index (κ3) is 2.66. The van der Waals surface area contributed by atoms with Crippen LogP contribution in [0.5, 0.6) is 0 Å². The number of nitrogens with two attached hydrogens (primary N) is 1. The van der Waals surface area contributed by atoms with Crippen LogP contribution in [-0.4, -0.2) is 24.0 Å². The lowest BCUT2D eigenvalue weighted by atomic mass is 9.99. The Morgan fingerprint density at radius 3 is 3.06 bits per heavy atom. The lowest BCUT2D eigenvalue weighted by Gasteiger charge is -2.35. The van der Waals surface area contributed by atoms with E-state index in [0.717, 1.165) is 25.3 Å². The van der Waals surface area contributed by atoms with E-state index in [9.17, 15) is 0 Å². The van der Waals surface area contributed by atoms with E-state index in [1.807, 2.05) is 6.07 Å². The Hall–Kier alpha value is -0.800. The van der Waals surface area contributed by atoms with Crippen LogP contribution in [0.2, 0.25) is 0 Å². The predicted molar refractivity (Wildman–Crippen MR) is 65.2 cm³/mol. The van der Waals surface area contributed by atoms with Gasteiger partial charge in [-0.05, 0) is 50.9 Å². The van der Waals surface area contributed by atoms with Crippen molar-refractivity contribution in [1.82, 2.24) is 4.90 Å². The molecule has 1 unspecified atom stereocenters. The molecule has 0 aliphatic carbocycles. The highest BCUT2D eigenvalue weighted by atomic mass is 16.3. The summed E-state index contributed by atoms with van der Waals surface area (Å²) in [5.41, 5.74) is 6.94. The minimum absolute atomic E-state index is 0.656. The van der Waals surface area contributed by atoms with E-state index in [4.69, 9.17) is 10.2 Å². The Bertz CT molecular complexity index is 319. The first kappa shape index (κ1) is 11.7. The molecule has 0 aromatic carbocycles. The first-order chi connectivity index (χ1) is 7.81. The van der Waals surface area contributed by atoms with Gasteiger partial charge in [0, 0.05) is 6.04 Å². The molecule has 1 aliphatic rings. The highest BCUT2D eigenvalue weighted by Crippen LogP contribution is 2.22. The highest BCUT2D eigenvalue weighted by Gasteiger charge is 2.22. The van der Waals surface area contributed by atoms with E-state index < -0.39 is 0 Å². The molecular weight excluding hydrogens is 200 g/mol. The molecule has 1 saturated heterocycles. The van der Waals surface area contributed by atoms with E-state index in [-0.39, 0.29) is 0 Å². The number of furan rings is 1. The molecule has 3 heteroatoms. The van der Waals surface area contributed by atoms with Crippen molar-refractivity contribution in [3.05, 3.63) is 23.7 Å². The molecule has 2 N–H and O–H groups in total. The Morgan fingerprint density at radius 1 is 1.50 bits per heavy atom. The van der Waals surface area contributed by atoms with Crippen LogP contribution in [0, 0.1) is 6.92 Å². The summed E-state index contributed by atoms with van der Waals surface area (Å²) in [6.45, 7) is 5.04. The quantitative estimate of drug-likeness (QED) is 0.850. The summed E-state index contributed by atoms with van der Waals surface area (Å²) in [6.07, 6.45) is 6.84. The Kier molecular flexibility index (Phi) is 4.02. The van der Waals surface area contributed by atoms with Crippen molar-refractivity contribution in [2.45, 2.75) is 45.2 Å². The second-order valence-electron chi connectivity index (χ2n) is 4.72. The van der Waals surface area contributed by atoms with E-state index in [1.165, 1.54) is 31.4 Å². The first-order valence-corrected chi connectivity index (χ1v) is 6.28. The molecule has 3 nitrogen and oxygen atoms in total. The molecule has 1 atom stereocenters. The summed E-state index contributed by atoms with van der Waals surface area (Å²) < 4.78 is 5.52. The van der Waals surface area contributed by atoms with Gasteiger partial charge in [0.2, 0.25) is 0 Å². The summed E-state index contributed by atoms with van der Waals surface area (Å²) in [4.78, 5) is 2.53. The summed E-state index contributed by atoms with van der Waals surface area (Å²) >= 11 is 0. The largest absolute Gasteiger partial charge is 0.468 e. The summed E-state index contributed by atoms with van der Waals surface area (Å²) in [5, 5.41) is 0. The average molecular weight is 222 g/mol. The van der Waals surface area contributed by atoms with Gasteiger partial charge in [0.15, 0.2) is 0 Å². The van der Waals surface area contributed by atoms with Gasteiger partial charge < -0.3 is 10.2 Å². The van der Waals surface area contributed by atoms with Crippen LogP contribution in [0.15, 0.2) is 16.7 Å². The fourth-order valence-corrected chi connectivity index (χ4v) is 2.54. The van der Waals surface area contributed by atoms with Crippen LogP contribution in [0.3, 0.4) is 0 Å². The Balaban J connectivity index is 1.98. The van der Waals surface area contributed by atoms with Crippen molar-refractivity contribution in [3.8, 4) is 0 Å². The maximum Gasteiger partial charge on any atom is 0.120 e. The lowest BCUT2D eigenvalue weighted by Crippen LogP contribution is -2.40. The predicted octanol–water partition coefficient (Wildman–Crippen LogP) is 2.29. The van der Waals surface area contributed by atoms with Crippen molar-refractivity contribution in [3.63, 3.8) is 0 Å². The second-order valence-corrected chi connectivity index (χ2v) is 4.72. The van der Waals surface area contributed by atoms with E-state index in [0.29, 0.717) is 6.04 Å². The maximum atomic E-state index is 5.67. The van der Waals surface area contributed by atoms with Crippen LogP contribution >= 0.6 is 0 Å². The van der Waals surface area contributed by atoms with Crippen molar-refractivity contribution in [2.24, 2.45) is 5.73 Å². The fraction of sp³-hybridized carbons (Fsp3) is 0.692. The molecule has 0 radical (unpaired) electrons. The molecule has 16 heavy (non-hydrogen) atoms. The van der Waals surface area contributed by atoms with Crippen LogP contribution in [0.1, 0.15) is 37.0 Å². The molecule has 1 aromatic rings. The zero-order chi connectivity index (χ0) is 11.4. The molecular formula is C13H22N2O.